The Morgan fingerprint density at radius 1 is 1.33 bits per heavy atom. The Morgan fingerprint density at radius 2 is 2.08 bits per heavy atom. The number of H-pyrrole nitrogens is 1. The maximum Gasteiger partial charge on any atom is 0.315 e. The number of aliphatic hydroxyl groups excluding tert-OH is 1. The van der Waals surface area contributed by atoms with Gasteiger partial charge in [0.15, 0.2) is 5.82 Å². The van der Waals surface area contributed by atoms with E-state index in [4.69, 9.17) is 0 Å². The molecule has 0 aliphatic heterocycles. The molecular weight excluding hydrogens is 306 g/mol. The maximum absolute atomic E-state index is 11.8. The highest BCUT2D eigenvalue weighted by Crippen LogP contribution is 2.18. The lowest BCUT2D eigenvalue weighted by Gasteiger charge is -2.25. The molecule has 1 heterocycles. The zero-order valence-electron chi connectivity index (χ0n) is 14.6. The van der Waals surface area contributed by atoms with Crippen LogP contribution in [0.25, 0.3) is 11.4 Å². The highest BCUT2D eigenvalue weighted by Gasteiger charge is 2.22. The molecule has 7 nitrogen and oxygen atoms in total. The van der Waals surface area contributed by atoms with Gasteiger partial charge in [-0.25, -0.2) is 9.78 Å². The van der Waals surface area contributed by atoms with E-state index in [1.807, 2.05) is 52.0 Å². The number of hydrogen-bond donors (Lipinski definition) is 4. The number of nitrogens with one attached hydrogen (secondary N) is 3. The summed E-state index contributed by atoms with van der Waals surface area (Å²) >= 11 is 0. The summed E-state index contributed by atoms with van der Waals surface area (Å²) in [5.41, 5.74) is 1.57. The molecule has 4 N–H and O–H groups in total. The summed E-state index contributed by atoms with van der Waals surface area (Å²) < 4.78 is 0. The molecular formula is C17H25N5O2. The van der Waals surface area contributed by atoms with E-state index in [9.17, 15) is 9.90 Å². The van der Waals surface area contributed by atoms with Crippen LogP contribution in [0, 0.1) is 12.3 Å². The average molecular weight is 331 g/mol. The zero-order chi connectivity index (χ0) is 17.7. The third-order valence-electron chi connectivity index (χ3n) is 3.69. The van der Waals surface area contributed by atoms with Crippen LogP contribution < -0.4 is 10.6 Å². The first-order chi connectivity index (χ1) is 11.3. The highest BCUT2D eigenvalue weighted by atomic mass is 16.3. The standard InChI is InChI=1S/C17H25N5O2/c1-11-20-15(22-21-11)13-7-5-6-12(8-13)9-18-16(24)19-10-14(23)17(2,3)4/h5-8,14,23H,9-10H2,1-4H3,(H2,18,19,24)(H,20,21,22). The lowest BCUT2D eigenvalue weighted by atomic mass is 9.89. The third-order valence-corrected chi connectivity index (χ3v) is 3.69. The fraction of sp³-hybridized carbons (Fsp3) is 0.471. The molecule has 0 fully saturated rings. The van der Waals surface area contributed by atoms with Crippen LogP contribution in [0.3, 0.4) is 0 Å². The van der Waals surface area contributed by atoms with Gasteiger partial charge in [0.1, 0.15) is 5.82 Å². The Bertz CT molecular complexity index is 690. The topological polar surface area (TPSA) is 103 Å². The van der Waals surface area contributed by atoms with E-state index in [0.717, 1.165) is 17.0 Å². The van der Waals surface area contributed by atoms with Crippen LogP contribution in [-0.4, -0.2) is 39.0 Å². The molecule has 1 unspecified atom stereocenters. The zero-order valence-corrected chi connectivity index (χ0v) is 14.6. The van der Waals surface area contributed by atoms with Gasteiger partial charge in [-0.05, 0) is 24.0 Å². The third kappa shape index (κ3) is 5.06. The summed E-state index contributed by atoms with van der Waals surface area (Å²) in [4.78, 5) is 16.1. The molecule has 7 heteroatoms. The van der Waals surface area contributed by atoms with E-state index >= 15 is 0 Å². The number of aromatic amines is 1. The average Bonchev–Trinajstić information content (AvgIpc) is 2.96. The van der Waals surface area contributed by atoms with Crippen molar-refractivity contribution in [3.63, 3.8) is 0 Å². The summed E-state index contributed by atoms with van der Waals surface area (Å²) in [6.07, 6.45) is -0.597. The normalized spacial score (nSPS) is 12.7. The largest absolute Gasteiger partial charge is 0.391 e. The van der Waals surface area contributed by atoms with E-state index in [2.05, 4.69) is 25.8 Å². The lowest BCUT2D eigenvalue weighted by Crippen LogP contribution is -2.43. The summed E-state index contributed by atoms with van der Waals surface area (Å²) in [6, 6.07) is 7.38. The molecule has 1 aromatic carbocycles. The van der Waals surface area contributed by atoms with Crippen molar-refractivity contribution in [3.8, 4) is 11.4 Å². The summed E-state index contributed by atoms with van der Waals surface area (Å²) in [5, 5.41) is 22.3. The van der Waals surface area contributed by atoms with Crippen molar-refractivity contribution in [1.82, 2.24) is 25.8 Å². The molecule has 1 atom stereocenters. The van der Waals surface area contributed by atoms with Crippen molar-refractivity contribution in [2.24, 2.45) is 5.41 Å². The summed E-state index contributed by atoms with van der Waals surface area (Å²) in [5.74, 6) is 1.39. The predicted molar refractivity (Wildman–Crippen MR) is 92.3 cm³/mol. The minimum absolute atomic E-state index is 0.214. The smallest absolute Gasteiger partial charge is 0.315 e. The van der Waals surface area contributed by atoms with Gasteiger partial charge in [-0.2, -0.15) is 5.10 Å². The van der Waals surface area contributed by atoms with Gasteiger partial charge in [0.25, 0.3) is 0 Å². The molecule has 0 spiro atoms. The van der Waals surface area contributed by atoms with Crippen LogP contribution in [0.1, 0.15) is 32.2 Å². The van der Waals surface area contributed by atoms with Gasteiger partial charge in [-0.1, -0.05) is 39.0 Å². The first kappa shape index (κ1) is 17.9. The molecule has 1 aromatic heterocycles. The van der Waals surface area contributed by atoms with Gasteiger partial charge >= 0.3 is 6.03 Å². The Kier molecular flexibility index (Phi) is 5.56. The fourth-order valence-corrected chi connectivity index (χ4v) is 2.03. The number of rotatable bonds is 5. The number of nitrogens with zero attached hydrogens (tertiary/aromatic N) is 2. The molecule has 2 rings (SSSR count). The Balaban J connectivity index is 1.87. The number of hydrogen-bond acceptors (Lipinski definition) is 4. The molecule has 2 aromatic rings. The number of urea groups is 1. The van der Waals surface area contributed by atoms with Crippen LogP contribution in [0.4, 0.5) is 4.79 Å². The molecule has 0 saturated heterocycles. The van der Waals surface area contributed by atoms with Crippen LogP contribution in [0.5, 0.6) is 0 Å². The first-order valence-corrected chi connectivity index (χ1v) is 7.94. The van der Waals surface area contributed by atoms with Crippen molar-refractivity contribution in [3.05, 3.63) is 35.7 Å². The molecule has 24 heavy (non-hydrogen) atoms. The Hall–Kier alpha value is -2.41. The maximum atomic E-state index is 11.8. The second kappa shape index (κ2) is 7.44. The van der Waals surface area contributed by atoms with Crippen molar-refractivity contribution in [1.29, 1.82) is 0 Å². The molecule has 0 aliphatic rings. The molecule has 0 aliphatic carbocycles. The van der Waals surface area contributed by atoms with E-state index in [0.29, 0.717) is 12.4 Å². The number of aryl methyl sites for hydroxylation is 1. The number of benzene rings is 1. The minimum Gasteiger partial charge on any atom is -0.391 e. The van der Waals surface area contributed by atoms with Gasteiger partial charge in [0, 0.05) is 18.7 Å². The summed E-state index contributed by atoms with van der Waals surface area (Å²) in [6.45, 7) is 8.22. The number of carbonyl (C=O) groups excluding carboxylic acids is 1. The second-order valence-corrected chi connectivity index (χ2v) is 6.89. The van der Waals surface area contributed by atoms with E-state index in [1.54, 1.807) is 0 Å². The Morgan fingerprint density at radius 3 is 2.71 bits per heavy atom. The van der Waals surface area contributed by atoms with Crippen molar-refractivity contribution >= 4 is 6.03 Å². The van der Waals surface area contributed by atoms with Crippen molar-refractivity contribution in [2.75, 3.05) is 6.54 Å². The number of amides is 2. The van der Waals surface area contributed by atoms with Crippen molar-refractivity contribution in [2.45, 2.75) is 40.3 Å². The van der Waals surface area contributed by atoms with Gasteiger partial charge in [0.2, 0.25) is 0 Å². The minimum atomic E-state index is -0.597. The van der Waals surface area contributed by atoms with Gasteiger partial charge in [-0.15, -0.1) is 0 Å². The quantitative estimate of drug-likeness (QED) is 0.672. The molecule has 0 radical (unpaired) electrons. The van der Waals surface area contributed by atoms with E-state index < -0.39 is 6.10 Å². The monoisotopic (exact) mass is 331 g/mol. The number of aliphatic hydroxyl groups is 1. The van der Waals surface area contributed by atoms with Crippen LogP contribution in [-0.2, 0) is 6.54 Å². The predicted octanol–water partition coefficient (Wildman–Crippen LogP) is 1.99. The van der Waals surface area contributed by atoms with E-state index in [1.165, 1.54) is 0 Å². The SMILES string of the molecule is Cc1nc(-c2cccc(CNC(=O)NCC(O)C(C)(C)C)c2)n[nH]1. The highest BCUT2D eigenvalue weighted by molar-refractivity contribution is 5.73. The van der Waals surface area contributed by atoms with Gasteiger partial charge in [0.05, 0.1) is 6.10 Å². The number of aromatic nitrogens is 3. The second-order valence-electron chi connectivity index (χ2n) is 6.89. The molecule has 2 amide bonds. The van der Waals surface area contributed by atoms with E-state index in [-0.39, 0.29) is 18.0 Å². The van der Waals surface area contributed by atoms with Crippen LogP contribution in [0.15, 0.2) is 24.3 Å². The Labute approximate surface area is 141 Å². The van der Waals surface area contributed by atoms with Crippen LogP contribution in [0.2, 0.25) is 0 Å². The lowest BCUT2D eigenvalue weighted by molar-refractivity contribution is 0.0650. The van der Waals surface area contributed by atoms with Crippen molar-refractivity contribution < 1.29 is 9.90 Å². The van der Waals surface area contributed by atoms with Gasteiger partial charge < -0.3 is 15.7 Å². The fourth-order valence-electron chi connectivity index (χ4n) is 2.03. The molecule has 0 saturated carbocycles. The molecule has 130 valence electrons. The van der Waals surface area contributed by atoms with Crippen LogP contribution >= 0.6 is 0 Å². The summed E-state index contributed by atoms with van der Waals surface area (Å²) in [7, 11) is 0. The first-order valence-electron chi connectivity index (χ1n) is 7.94. The van der Waals surface area contributed by atoms with Gasteiger partial charge in [-0.3, -0.25) is 5.10 Å². The molecule has 0 bridgehead atoms. The number of carbonyl (C=O) groups is 1.